The van der Waals surface area contributed by atoms with E-state index in [1.807, 2.05) is 17.0 Å². The van der Waals surface area contributed by atoms with Gasteiger partial charge in [0.25, 0.3) is 5.91 Å². The Labute approximate surface area is 146 Å². The van der Waals surface area contributed by atoms with E-state index in [1.165, 1.54) is 6.42 Å². The summed E-state index contributed by atoms with van der Waals surface area (Å²) in [6.07, 6.45) is 3.96. The number of benzene rings is 1. The molecule has 1 aromatic carbocycles. The van der Waals surface area contributed by atoms with Gasteiger partial charge < -0.3 is 10.2 Å². The van der Waals surface area contributed by atoms with Crippen LogP contribution >= 0.6 is 15.9 Å². The zero-order valence-corrected chi connectivity index (χ0v) is 15.4. The fraction of sp³-hybridized carbons (Fsp3) is 0.556. The van der Waals surface area contributed by atoms with Gasteiger partial charge in [-0.25, -0.2) is 0 Å². The fourth-order valence-corrected chi connectivity index (χ4v) is 3.30. The van der Waals surface area contributed by atoms with Crippen LogP contribution in [0.25, 0.3) is 0 Å². The Kier molecular flexibility index (Phi) is 6.63. The molecule has 0 aromatic heterocycles. The lowest BCUT2D eigenvalue weighted by molar-refractivity contribution is -0.134. The van der Waals surface area contributed by atoms with Gasteiger partial charge in [0, 0.05) is 23.1 Å². The van der Waals surface area contributed by atoms with Crippen molar-refractivity contribution in [3.8, 4) is 0 Å². The molecule has 1 fully saturated rings. The van der Waals surface area contributed by atoms with Gasteiger partial charge in [0.2, 0.25) is 5.91 Å². The largest absolute Gasteiger partial charge is 0.341 e. The summed E-state index contributed by atoms with van der Waals surface area (Å²) in [7, 11) is 0. The Bertz CT molecular complexity index is 554. The van der Waals surface area contributed by atoms with Crippen molar-refractivity contribution in [2.24, 2.45) is 5.92 Å². The average Bonchev–Trinajstić information content (AvgIpc) is 2.54. The zero-order chi connectivity index (χ0) is 16.8. The van der Waals surface area contributed by atoms with Gasteiger partial charge in [0.1, 0.15) is 6.04 Å². The van der Waals surface area contributed by atoms with E-state index in [2.05, 4.69) is 35.1 Å². The Hall–Kier alpha value is -1.36. The van der Waals surface area contributed by atoms with E-state index < -0.39 is 6.04 Å². The lowest BCUT2D eigenvalue weighted by atomic mass is 10.0. The minimum atomic E-state index is -0.445. The number of rotatable bonds is 5. The maximum atomic E-state index is 12.8. The molecular weight excluding hydrogens is 356 g/mol. The molecule has 4 nitrogen and oxygen atoms in total. The predicted octanol–water partition coefficient (Wildman–Crippen LogP) is 3.61. The highest BCUT2D eigenvalue weighted by molar-refractivity contribution is 9.10. The third-order valence-corrected chi connectivity index (χ3v) is 4.56. The second-order valence-electron chi connectivity index (χ2n) is 6.55. The number of carbonyl (C=O) groups excluding carboxylic acids is 2. The van der Waals surface area contributed by atoms with Gasteiger partial charge in [-0.1, -0.05) is 35.8 Å². The van der Waals surface area contributed by atoms with Crippen LogP contribution in [0.5, 0.6) is 0 Å². The molecule has 1 saturated heterocycles. The van der Waals surface area contributed by atoms with Gasteiger partial charge >= 0.3 is 0 Å². The van der Waals surface area contributed by atoms with E-state index in [0.29, 0.717) is 17.9 Å². The Balaban J connectivity index is 2.08. The summed E-state index contributed by atoms with van der Waals surface area (Å²) >= 11 is 3.37. The molecule has 1 aliphatic heterocycles. The van der Waals surface area contributed by atoms with Crippen molar-refractivity contribution < 1.29 is 9.59 Å². The Morgan fingerprint density at radius 1 is 1.22 bits per heavy atom. The smallest absolute Gasteiger partial charge is 0.251 e. The normalized spacial score (nSPS) is 16.3. The molecule has 0 unspecified atom stereocenters. The number of hydrogen-bond acceptors (Lipinski definition) is 2. The number of nitrogens with one attached hydrogen (secondary N) is 1. The van der Waals surface area contributed by atoms with Crippen LogP contribution in [0.1, 0.15) is 49.9 Å². The van der Waals surface area contributed by atoms with Gasteiger partial charge in [-0.3, -0.25) is 9.59 Å². The van der Waals surface area contributed by atoms with Crippen molar-refractivity contribution in [1.29, 1.82) is 0 Å². The van der Waals surface area contributed by atoms with Crippen molar-refractivity contribution in [3.63, 3.8) is 0 Å². The van der Waals surface area contributed by atoms with Gasteiger partial charge in [0.05, 0.1) is 0 Å². The number of hydrogen-bond donors (Lipinski definition) is 1. The first-order valence-electron chi connectivity index (χ1n) is 8.32. The van der Waals surface area contributed by atoms with Crippen molar-refractivity contribution in [2.45, 2.75) is 45.6 Å². The summed E-state index contributed by atoms with van der Waals surface area (Å²) < 4.78 is 0.855. The topological polar surface area (TPSA) is 49.4 Å². The van der Waals surface area contributed by atoms with Crippen molar-refractivity contribution in [3.05, 3.63) is 34.3 Å². The minimum Gasteiger partial charge on any atom is -0.341 e. The van der Waals surface area contributed by atoms with Crippen LogP contribution in [0.15, 0.2) is 28.7 Å². The number of carbonyl (C=O) groups is 2. The van der Waals surface area contributed by atoms with Gasteiger partial charge in [-0.2, -0.15) is 0 Å². The van der Waals surface area contributed by atoms with Crippen LogP contribution in [-0.4, -0.2) is 35.8 Å². The molecule has 1 atom stereocenters. The lowest BCUT2D eigenvalue weighted by Gasteiger charge is -2.31. The Morgan fingerprint density at radius 3 is 2.52 bits per heavy atom. The molecular formula is C18H25BrN2O2. The van der Waals surface area contributed by atoms with E-state index in [0.717, 1.165) is 30.4 Å². The molecule has 2 amide bonds. The third-order valence-electron chi connectivity index (χ3n) is 4.07. The number of likely N-dealkylation sites (tertiary alicyclic amines) is 1. The van der Waals surface area contributed by atoms with Crippen LogP contribution in [0, 0.1) is 5.92 Å². The number of halogens is 1. The maximum Gasteiger partial charge on any atom is 0.251 e. The molecule has 1 aromatic rings. The SMILES string of the molecule is CC(C)C[C@@H](NC(=O)c1cccc(Br)c1)C(=O)N1CCCCC1. The average molecular weight is 381 g/mol. The van der Waals surface area contributed by atoms with Crippen LogP contribution in [0.2, 0.25) is 0 Å². The second-order valence-corrected chi connectivity index (χ2v) is 7.47. The highest BCUT2D eigenvalue weighted by Gasteiger charge is 2.27. The van der Waals surface area contributed by atoms with Crippen LogP contribution < -0.4 is 5.32 Å². The standard InChI is InChI=1S/C18H25BrN2O2/c1-13(2)11-16(18(23)21-9-4-3-5-10-21)20-17(22)14-7-6-8-15(19)12-14/h6-8,12-13,16H,3-5,9-11H2,1-2H3,(H,20,22)/t16-/m1/s1. The first-order chi connectivity index (χ1) is 11.0. The molecule has 126 valence electrons. The highest BCUT2D eigenvalue weighted by Crippen LogP contribution is 2.15. The fourth-order valence-electron chi connectivity index (χ4n) is 2.90. The van der Waals surface area contributed by atoms with Crippen molar-refractivity contribution in [2.75, 3.05) is 13.1 Å². The maximum absolute atomic E-state index is 12.8. The Morgan fingerprint density at radius 2 is 1.91 bits per heavy atom. The summed E-state index contributed by atoms with van der Waals surface area (Å²) in [6.45, 7) is 5.75. The summed E-state index contributed by atoms with van der Waals surface area (Å²) in [5.74, 6) is 0.209. The van der Waals surface area contributed by atoms with Gasteiger partial charge in [0.15, 0.2) is 0 Å². The molecule has 0 saturated carbocycles. The molecule has 0 spiro atoms. The highest BCUT2D eigenvalue weighted by atomic mass is 79.9. The predicted molar refractivity (Wildman–Crippen MR) is 95.3 cm³/mol. The molecule has 0 radical (unpaired) electrons. The van der Waals surface area contributed by atoms with Gasteiger partial charge in [-0.05, 0) is 49.8 Å². The monoisotopic (exact) mass is 380 g/mol. The van der Waals surface area contributed by atoms with E-state index in [9.17, 15) is 9.59 Å². The quantitative estimate of drug-likeness (QED) is 0.847. The minimum absolute atomic E-state index is 0.0572. The first kappa shape index (κ1) is 18.0. The molecule has 5 heteroatoms. The van der Waals surface area contributed by atoms with E-state index in [-0.39, 0.29) is 11.8 Å². The number of nitrogens with zero attached hydrogens (tertiary/aromatic N) is 1. The molecule has 1 aliphatic rings. The molecule has 1 N–H and O–H groups in total. The van der Waals surface area contributed by atoms with Crippen LogP contribution in [0.4, 0.5) is 0 Å². The van der Waals surface area contributed by atoms with Crippen LogP contribution in [-0.2, 0) is 4.79 Å². The second kappa shape index (κ2) is 8.48. The summed E-state index contributed by atoms with van der Waals surface area (Å²) in [6, 6.07) is 6.79. The summed E-state index contributed by atoms with van der Waals surface area (Å²) in [5, 5.41) is 2.94. The van der Waals surface area contributed by atoms with Gasteiger partial charge in [-0.15, -0.1) is 0 Å². The van der Waals surface area contributed by atoms with Crippen molar-refractivity contribution in [1.82, 2.24) is 10.2 Å². The molecule has 23 heavy (non-hydrogen) atoms. The third kappa shape index (κ3) is 5.34. The summed E-state index contributed by atoms with van der Waals surface area (Å²) in [5.41, 5.74) is 0.569. The van der Waals surface area contributed by atoms with Crippen molar-refractivity contribution >= 4 is 27.7 Å². The first-order valence-corrected chi connectivity index (χ1v) is 9.12. The lowest BCUT2D eigenvalue weighted by Crippen LogP contribution is -2.50. The van der Waals surface area contributed by atoms with E-state index in [1.54, 1.807) is 12.1 Å². The number of piperidine rings is 1. The molecule has 0 bridgehead atoms. The zero-order valence-electron chi connectivity index (χ0n) is 13.8. The molecule has 1 heterocycles. The molecule has 2 rings (SSSR count). The molecule has 0 aliphatic carbocycles. The van der Waals surface area contributed by atoms with Crippen LogP contribution in [0.3, 0.4) is 0 Å². The number of amides is 2. The summed E-state index contributed by atoms with van der Waals surface area (Å²) in [4.78, 5) is 27.1. The van der Waals surface area contributed by atoms with E-state index in [4.69, 9.17) is 0 Å². The van der Waals surface area contributed by atoms with E-state index >= 15 is 0 Å².